The molecule has 6 heteroatoms. The number of hydrogen-bond donors (Lipinski definition) is 0. The Morgan fingerprint density at radius 3 is 2.44 bits per heavy atom. The van der Waals surface area contributed by atoms with E-state index in [4.69, 9.17) is 4.43 Å². The van der Waals surface area contributed by atoms with E-state index in [1.807, 2.05) is 0 Å². The number of hydrogen-bond acceptors (Lipinski definition) is 2. The molecule has 1 aromatic rings. The Labute approximate surface area is 138 Å². The van der Waals surface area contributed by atoms with Crippen molar-refractivity contribution in [2.45, 2.75) is 26.1 Å². The van der Waals surface area contributed by atoms with Crippen LogP contribution < -0.4 is 29.2 Å². The van der Waals surface area contributed by atoms with Gasteiger partial charge in [-0.05, 0) is 0 Å². The maximum absolute atomic E-state index is 6.11. The van der Waals surface area contributed by atoms with E-state index in [1.54, 1.807) is 11.3 Å². The Morgan fingerprint density at radius 1 is 1.28 bits per heavy atom. The Hall–Kier alpha value is 0.491. The van der Waals surface area contributed by atoms with E-state index < -0.39 is 8.32 Å². The second-order valence-electron chi connectivity index (χ2n) is 4.83. The fraction of sp³-hybridized carbons (Fsp3) is 0.333. The summed E-state index contributed by atoms with van der Waals surface area (Å²) in [6, 6.07) is 2.10. The second kappa shape index (κ2) is 7.32. The monoisotopic (exact) mass is 353 g/mol. The first-order valence-corrected chi connectivity index (χ1v) is 10.4. The zero-order valence-corrected chi connectivity index (χ0v) is 15.5. The van der Waals surface area contributed by atoms with Crippen molar-refractivity contribution >= 4 is 25.2 Å². The van der Waals surface area contributed by atoms with Crippen LogP contribution in [0.3, 0.4) is 0 Å². The fourth-order valence-corrected chi connectivity index (χ4v) is 4.05. The van der Waals surface area contributed by atoms with E-state index in [9.17, 15) is 0 Å². The maximum Gasteiger partial charge on any atom is -1.00 e. The van der Waals surface area contributed by atoms with E-state index >= 15 is 0 Å². The summed E-state index contributed by atoms with van der Waals surface area (Å²) >= 11 is 3.98. The quantitative estimate of drug-likeness (QED) is 0.582. The molecule has 0 N–H and O–H groups in total. The molecule has 0 aliphatic heterocycles. The maximum atomic E-state index is 6.11. The third kappa shape index (κ3) is 4.55. The van der Waals surface area contributed by atoms with Crippen molar-refractivity contribution in [3.63, 3.8) is 0 Å². The van der Waals surface area contributed by atoms with Gasteiger partial charge in [0.25, 0.3) is 0 Å². The molecule has 97 valence electrons. The van der Waals surface area contributed by atoms with Gasteiger partial charge in [-0.1, -0.05) is 0 Å². The summed E-state index contributed by atoms with van der Waals surface area (Å²) in [6.07, 6.45) is 5.53. The van der Waals surface area contributed by atoms with Gasteiger partial charge in [0.2, 0.25) is 0 Å². The summed E-state index contributed by atoms with van der Waals surface area (Å²) in [5.41, 5.74) is 1.36. The molecule has 0 bridgehead atoms. The van der Waals surface area contributed by atoms with Crippen LogP contribution in [-0.2, 0) is 20.4 Å². The molecule has 0 spiro atoms. The van der Waals surface area contributed by atoms with Crippen molar-refractivity contribution in [2.75, 3.05) is 0 Å². The van der Waals surface area contributed by atoms with Crippen LogP contribution in [0.15, 0.2) is 27.5 Å². The van der Waals surface area contributed by atoms with Crippen LogP contribution in [0.4, 0.5) is 0 Å². The largest absolute Gasteiger partial charge is 1.00 e. The summed E-state index contributed by atoms with van der Waals surface area (Å²) in [4.78, 5) is 1.30. The topological polar surface area (TPSA) is 9.23 Å². The zero-order chi connectivity index (χ0) is 11.8. The first-order chi connectivity index (χ1) is 7.47. The Bertz CT molecular complexity index is 463. The van der Waals surface area contributed by atoms with Crippen molar-refractivity contribution in [3.05, 3.63) is 32.4 Å². The summed E-state index contributed by atoms with van der Waals surface area (Å²) in [5, 5.41) is 2.12. The molecule has 0 saturated carbocycles. The molecule has 1 aliphatic carbocycles. The molecule has 1 heterocycles. The van der Waals surface area contributed by atoms with Crippen molar-refractivity contribution in [1.29, 1.82) is 0 Å². The molecular weight excluding hydrogens is 339 g/mol. The van der Waals surface area contributed by atoms with Crippen molar-refractivity contribution in [1.82, 2.24) is 0 Å². The molecule has 1 aliphatic rings. The molecule has 2 rings (SSSR count). The first kappa shape index (κ1) is 18.5. The minimum atomic E-state index is -1.51. The molecule has 1 aromatic heterocycles. The average molecular weight is 354 g/mol. The normalized spacial score (nSPS) is 14.3. The Morgan fingerprint density at radius 2 is 1.94 bits per heavy atom. The minimum Gasteiger partial charge on any atom is -1.00 e. The molecule has 1 nitrogen and oxygen atoms in total. The number of halogens is 2. The van der Waals surface area contributed by atoms with E-state index in [0.29, 0.717) is 0 Å². The number of rotatable bonds is 3. The Balaban J connectivity index is 0.00000144. The summed E-state index contributed by atoms with van der Waals surface area (Å²) < 4.78 is 7.56. The van der Waals surface area contributed by atoms with Crippen LogP contribution >= 0.6 is 11.3 Å². The van der Waals surface area contributed by atoms with Crippen LogP contribution in [-0.4, -0.2) is 8.32 Å². The van der Waals surface area contributed by atoms with Crippen LogP contribution in [0.2, 0.25) is 19.6 Å². The van der Waals surface area contributed by atoms with Crippen LogP contribution in [0.25, 0.3) is 5.57 Å². The van der Waals surface area contributed by atoms with Gasteiger partial charge in [-0.2, -0.15) is 0 Å². The molecule has 0 unspecified atom stereocenters. The van der Waals surface area contributed by atoms with Crippen LogP contribution in [0.1, 0.15) is 11.3 Å². The number of allylic oxidation sites excluding steroid dienone is 4. The predicted octanol–water partition coefficient (Wildman–Crippen LogP) is -1.81. The summed E-state index contributed by atoms with van der Waals surface area (Å²) in [6.45, 7) is 6.67. The van der Waals surface area contributed by atoms with E-state index in [-0.39, 0.29) is 24.8 Å². The fourth-order valence-electron chi connectivity index (χ4n) is 1.62. The van der Waals surface area contributed by atoms with Crippen LogP contribution in [0.5, 0.6) is 5.75 Å². The van der Waals surface area contributed by atoms with Crippen molar-refractivity contribution in [2.24, 2.45) is 0 Å². The van der Waals surface area contributed by atoms with Gasteiger partial charge in [0.15, 0.2) is 0 Å². The van der Waals surface area contributed by atoms with Gasteiger partial charge < -0.3 is 24.8 Å². The van der Waals surface area contributed by atoms with Gasteiger partial charge in [-0.3, -0.25) is 0 Å². The standard InChI is InChI=1S/C12H15OSSi.2ClH.Ti/c1-15(2,3)13-11-8-9-14-12(11)10-6-4-5-7-10;;;/h4,6,8-9H,5H2,1-3H3;2*1H;/q;;;+2/p-2. The van der Waals surface area contributed by atoms with Gasteiger partial charge in [-0.25, -0.2) is 0 Å². The molecule has 18 heavy (non-hydrogen) atoms. The SMILES string of the molecule is C[Si](C)(C)Oc1ccsc1C1=[C]([Ti+2])CC=C1.[Cl-].[Cl-]. The number of thiophene rings is 1. The van der Waals surface area contributed by atoms with Gasteiger partial charge >= 0.3 is 114 Å². The molecule has 0 radical (unpaired) electrons. The van der Waals surface area contributed by atoms with Gasteiger partial charge in [-0.15, -0.1) is 0 Å². The van der Waals surface area contributed by atoms with E-state index in [2.05, 4.69) is 63.7 Å². The predicted molar refractivity (Wildman–Crippen MR) is 69.0 cm³/mol. The van der Waals surface area contributed by atoms with E-state index in [1.165, 1.54) is 14.3 Å². The van der Waals surface area contributed by atoms with Gasteiger partial charge in [0, 0.05) is 0 Å². The van der Waals surface area contributed by atoms with Crippen LogP contribution in [0, 0.1) is 0 Å². The molecule has 0 fully saturated rings. The summed E-state index contributed by atoms with van der Waals surface area (Å²) in [5.74, 6) is 1.07. The molecule has 0 atom stereocenters. The summed E-state index contributed by atoms with van der Waals surface area (Å²) in [7, 11) is -1.51. The third-order valence-corrected chi connectivity index (χ3v) is 4.72. The molecule has 0 saturated heterocycles. The van der Waals surface area contributed by atoms with Crippen molar-refractivity contribution < 1.29 is 49.7 Å². The first-order valence-electron chi connectivity index (χ1n) is 5.35. The average Bonchev–Trinajstić information content (AvgIpc) is 2.71. The Kier molecular flexibility index (Phi) is 7.52. The molecule has 0 amide bonds. The zero-order valence-electron chi connectivity index (χ0n) is 10.6. The van der Waals surface area contributed by atoms with Gasteiger partial charge in [0.1, 0.15) is 0 Å². The third-order valence-electron chi connectivity index (χ3n) is 2.22. The van der Waals surface area contributed by atoms with Crippen molar-refractivity contribution in [3.8, 4) is 5.75 Å². The van der Waals surface area contributed by atoms with Gasteiger partial charge in [0.05, 0.1) is 0 Å². The molecule has 0 aromatic carbocycles. The van der Waals surface area contributed by atoms with E-state index in [0.717, 1.165) is 12.2 Å². The second-order valence-corrected chi connectivity index (χ2v) is 11.1. The minimum absolute atomic E-state index is 0. The smallest absolute Gasteiger partial charge is 1.00 e. The molecular formula is C12H15Cl2OSSiTi.